The molecule has 0 saturated carbocycles. The average Bonchev–Trinajstić information content (AvgIpc) is 2.95. The number of hydrogen-bond donors (Lipinski definition) is 1. The van der Waals surface area contributed by atoms with Crippen molar-refractivity contribution in [2.45, 2.75) is 50.3 Å². The molecular formula is C12H20N2O3. The van der Waals surface area contributed by atoms with Gasteiger partial charge in [-0.3, -0.25) is 0 Å². The molecule has 0 aromatic heterocycles. The summed E-state index contributed by atoms with van der Waals surface area (Å²) in [6, 6.07) is 1.37. The van der Waals surface area contributed by atoms with E-state index in [2.05, 4.69) is 10.5 Å². The third kappa shape index (κ3) is 2.90. The molecule has 0 spiro atoms. The van der Waals surface area contributed by atoms with Gasteiger partial charge in [0.25, 0.3) is 0 Å². The smallest absolute Gasteiger partial charge is 0.229 e. The zero-order valence-corrected chi connectivity index (χ0v) is 10.1. The standard InChI is InChI=1S/C12H20N2O3/c1-2-10-8-11(7-9(1)13-10)15-5-6-16-12-3-4-17-14-12/h9-11,13H,1-8H2/t9-,10+,11+. The molecular weight excluding hydrogens is 220 g/mol. The van der Waals surface area contributed by atoms with Crippen LogP contribution in [-0.2, 0) is 14.3 Å². The van der Waals surface area contributed by atoms with Crippen molar-refractivity contribution < 1.29 is 14.3 Å². The molecule has 5 nitrogen and oxygen atoms in total. The molecule has 5 heteroatoms. The van der Waals surface area contributed by atoms with Crippen LogP contribution in [0.15, 0.2) is 5.16 Å². The van der Waals surface area contributed by atoms with Crippen molar-refractivity contribution in [1.29, 1.82) is 0 Å². The number of fused-ring (bicyclic) bond motifs is 2. The fourth-order valence-electron chi connectivity index (χ4n) is 2.91. The van der Waals surface area contributed by atoms with Gasteiger partial charge in [-0.15, -0.1) is 0 Å². The van der Waals surface area contributed by atoms with E-state index in [1.807, 2.05) is 0 Å². The summed E-state index contributed by atoms with van der Waals surface area (Å²) < 4.78 is 11.3. The molecule has 0 aromatic rings. The summed E-state index contributed by atoms with van der Waals surface area (Å²) in [5.41, 5.74) is 0. The molecule has 2 fully saturated rings. The van der Waals surface area contributed by atoms with Crippen LogP contribution < -0.4 is 5.32 Å². The molecule has 2 bridgehead atoms. The number of ether oxygens (including phenoxy) is 2. The van der Waals surface area contributed by atoms with Gasteiger partial charge < -0.3 is 19.6 Å². The van der Waals surface area contributed by atoms with Gasteiger partial charge in [0, 0.05) is 12.1 Å². The Kier molecular flexibility index (Phi) is 3.47. The van der Waals surface area contributed by atoms with Crippen molar-refractivity contribution in [2.75, 3.05) is 19.8 Å². The first-order chi connectivity index (χ1) is 8.40. The van der Waals surface area contributed by atoms with Gasteiger partial charge >= 0.3 is 0 Å². The maximum absolute atomic E-state index is 5.86. The predicted octanol–water partition coefficient (Wildman–Crippen LogP) is 1.04. The molecule has 3 rings (SSSR count). The number of hydrogen-bond acceptors (Lipinski definition) is 5. The lowest BCUT2D eigenvalue weighted by Crippen LogP contribution is -2.41. The van der Waals surface area contributed by atoms with Crippen LogP contribution in [0.4, 0.5) is 0 Å². The highest BCUT2D eigenvalue weighted by atomic mass is 16.7. The fourth-order valence-corrected chi connectivity index (χ4v) is 2.91. The van der Waals surface area contributed by atoms with E-state index >= 15 is 0 Å². The largest absolute Gasteiger partial charge is 0.476 e. The van der Waals surface area contributed by atoms with Crippen molar-refractivity contribution in [1.82, 2.24) is 5.32 Å². The summed E-state index contributed by atoms with van der Waals surface area (Å²) in [5.74, 6) is 0.707. The third-order valence-electron chi connectivity index (χ3n) is 3.71. The Morgan fingerprint density at radius 3 is 2.76 bits per heavy atom. The SMILES string of the molecule is C1CC(OCCO[C@H]2C[C@H]3CC[C@@H](C2)N3)=NO1. The van der Waals surface area contributed by atoms with E-state index in [1.54, 1.807) is 0 Å². The van der Waals surface area contributed by atoms with Crippen LogP contribution in [0.5, 0.6) is 0 Å². The lowest BCUT2D eigenvalue weighted by atomic mass is 10.0. The Bertz CT molecular complexity index is 283. The highest BCUT2D eigenvalue weighted by Gasteiger charge is 2.33. The van der Waals surface area contributed by atoms with Crippen molar-refractivity contribution in [3.63, 3.8) is 0 Å². The second-order valence-corrected chi connectivity index (χ2v) is 5.02. The average molecular weight is 240 g/mol. The molecule has 0 aromatic carbocycles. The first kappa shape index (κ1) is 11.3. The minimum atomic E-state index is 0.416. The van der Waals surface area contributed by atoms with Crippen LogP contribution in [0.1, 0.15) is 32.1 Å². The number of nitrogens with zero attached hydrogens (tertiary/aromatic N) is 1. The number of oxime groups is 1. The number of nitrogens with one attached hydrogen (secondary N) is 1. The molecule has 2 saturated heterocycles. The molecule has 0 amide bonds. The quantitative estimate of drug-likeness (QED) is 0.746. The Morgan fingerprint density at radius 2 is 2.06 bits per heavy atom. The molecule has 17 heavy (non-hydrogen) atoms. The fraction of sp³-hybridized carbons (Fsp3) is 0.917. The molecule has 3 atom stereocenters. The van der Waals surface area contributed by atoms with E-state index in [1.165, 1.54) is 12.8 Å². The Hall–Kier alpha value is -0.810. The second kappa shape index (κ2) is 5.23. The summed E-state index contributed by atoms with van der Waals surface area (Å²) in [6.07, 6.45) is 6.14. The minimum Gasteiger partial charge on any atom is -0.476 e. The first-order valence-corrected chi connectivity index (χ1v) is 6.59. The third-order valence-corrected chi connectivity index (χ3v) is 3.71. The molecule has 1 N–H and O–H groups in total. The molecule has 3 aliphatic heterocycles. The molecule has 3 heterocycles. The predicted molar refractivity (Wildman–Crippen MR) is 62.9 cm³/mol. The van der Waals surface area contributed by atoms with Crippen LogP contribution in [-0.4, -0.2) is 43.9 Å². The first-order valence-electron chi connectivity index (χ1n) is 6.59. The monoisotopic (exact) mass is 240 g/mol. The van der Waals surface area contributed by atoms with Gasteiger partial charge in [-0.2, -0.15) is 0 Å². The lowest BCUT2D eigenvalue weighted by molar-refractivity contribution is 0.00393. The zero-order valence-electron chi connectivity index (χ0n) is 10.1. The van der Waals surface area contributed by atoms with E-state index in [9.17, 15) is 0 Å². The summed E-state index contributed by atoms with van der Waals surface area (Å²) in [4.78, 5) is 4.85. The number of piperidine rings is 1. The second-order valence-electron chi connectivity index (χ2n) is 5.02. The van der Waals surface area contributed by atoms with Gasteiger partial charge in [-0.05, 0) is 25.7 Å². The van der Waals surface area contributed by atoms with Crippen molar-refractivity contribution >= 4 is 5.90 Å². The van der Waals surface area contributed by atoms with E-state index < -0.39 is 0 Å². The van der Waals surface area contributed by atoms with Crippen molar-refractivity contribution in [3.8, 4) is 0 Å². The van der Waals surface area contributed by atoms with Crippen LogP contribution in [0.25, 0.3) is 0 Å². The van der Waals surface area contributed by atoms with Crippen LogP contribution in [0.3, 0.4) is 0 Å². The van der Waals surface area contributed by atoms with Gasteiger partial charge in [0.15, 0.2) is 0 Å². The lowest BCUT2D eigenvalue weighted by Gasteiger charge is -2.29. The van der Waals surface area contributed by atoms with Crippen molar-refractivity contribution in [3.05, 3.63) is 0 Å². The van der Waals surface area contributed by atoms with Gasteiger partial charge in [0.2, 0.25) is 5.90 Å². The maximum Gasteiger partial charge on any atom is 0.229 e. The van der Waals surface area contributed by atoms with Gasteiger partial charge in [-0.1, -0.05) is 5.16 Å². The Labute approximate surface area is 101 Å². The topological polar surface area (TPSA) is 52.1 Å². The normalized spacial score (nSPS) is 35.5. The summed E-state index contributed by atoms with van der Waals surface area (Å²) >= 11 is 0. The van der Waals surface area contributed by atoms with E-state index in [0.717, 1.165) is 19.3 Å². The van der Waals surface area contributed by atoms with Crippen molar-refractivity contribution in [2.24, 2.45) is 5.16 Å². The molecule has 3 aliphatic rings. The van der Waals surface area contributed by atoms with Gasteiger partial charge in [0.1, 0.15) is 13.2 Å². The van der Waals surface area contributed by atoms with Gasteiger partial charge in [0.05, 0.1) is 19.1 Å². The van der Waals surface area contributed by atoms with Gasteiger partial charge in [-0.25, -0.2) is 0 Å². The highest BCUT2D eigenvalue weighted by molar-refractivity contribution is 5.76. The zero-order chi connectivity index (χ0) is 11.5. The summed E-state index contributed by atoms with van der Waals surface area (Å²) in [6.45, 7) is 1.89. The van der Waals surface area contributed by atoms with E-state index in [4.69, 9.17) is 14.3 Å². The summed E-state index contributed by atoms with van der Waals surface area (Å²) in [7, 11) is 0. The maximum atomic E-state index is 5.86. The highest BCUT2D eigenvalue weighted by Crippen LogP contribution is 2.28. The van der Waals surface area contributed by atoms with Crippen LogP contribution in [0, 0.1) is 0 Å². The minimum absolute atomic E-state index is 0.416. The van der Waals surface area contributed by atoms with E-state index in [0.29, 0.717) is 43.9 Å². The molecule has 0 aliphatic carbocycles. The van der Waals surface area contributed by atoms with Crippen LogP contribution >= 0.6 is 0 Å². The summed E-state index contributed by atoms with van der Waals surface area (Å²) in [5, 5.41) is 7.39. The number of rotatable bonds is 4. The Morgan fingerprint density at radius 1 is 1.24 bits per heavy atom. The van der Waals surface area contributed by atoms with Crippen LogP contribution in [0.2, 0.25) is 0 Å². The van der Waals surface area contributed by atoms with E-state index in [-0.39, 0.29) is 0 Å². The molecule has 96 valence electrons. The Balaban J connectivity index is 1.32. The molecule has 0 radical (unpaired) electrons. The molecule has 0 unspecified atom stereocenters.